The third-order valence-corrected chi connectivity index (χ3v) is 2.78. The Kier molecular flexibility index (Phi) is 7.73. The summed E-state index contributed by atoms with van der Waals surface area (Å²) in [5.41, 5.74) is 2.15. The molecular formula is C14H21IN6. The molecule has 0 aromatic carbocycles. The fourth-order valence-corrected chi connectivity index (χ4v) is 1.78. The van der Waals surface area contributed by atoms with Gasteiger partial charge in [0, 0.05) is 26.0 Å². The maximum atomic E-state index is 4.26. The zero-order chi connectivity index (χ0) is 14.2. The highest BCUT2D eigenvalue weighted by molar-refractivity contribution is 14.0. The van der Waals surface area contributed by atoms with Gasteiger partial charge in [0.2, 0.25) is 0 Å². The average molecular weight is 400 g/mol. The SMILES string of the molecule is CN=C(NCCn1cc(C)cn1)NCc1ccccn1.I. The number of nitrogens with one attached hydrogen (secondary N) is 2. The molecule has 0 aliphatic rings. The molecular weight excluding hydrogens is 379 g/mol. The van der Waals surface area contributed by atoms with Crippen LogP contribution >= 0.6 is 24.0 Å². The Hall–Kier alpha value is -1.64. The second-order valence-corrected chi connectivity index (χ2v) is 4.45. The van der Waals surface area contributed by atoms with Crippen molar-refractivity contribution >= 4 is 29.9 Å². The Balaban J connectivity index is 0.00000220. The highest BCUT2D eigenvalue weighted by Gasteiger charge is 1.99. The zero-order valence-corrected chi connectivity index (χ0v) is 14.6. The molecule has 2 aromatic rings. The molecule has 0 aliphatic heterocycles. The predicted octanol–water partition coefficient (Wildman–Crippen LogP) is 1.57. The van der Waals surface area contributed by atoms with Crippen LogP contribution in [0.25, 0.3) is 0 Å². The van der Waals surface area contributed by atoms with Crippen molar-refractivity contribution in [3.8, 4) is 0 Å². The molecule has 0 bridgehead atoms. The summed E-state index contributed by atoms with van der Waals surface area (Å²) in [6, 6.07) is 5.86. The summed E-state index contributed by atoms with van der Waals surface area (Å²) in [5.74, 6) is 0.763. The summed E-state index contributed by atoms with van der Waals surface area (Å²) < 4.78 is 1.91. The number of guanidine groups is 1. The van der Waals surface area contributed by atoms with E-state index in [9.17, 15) is 0 Å². The number of hydrogen-bond donors (Lipinski definition) is 2. The molecule has 0 unspecified atom stereocenters. The quantitative estimate of drug-likeness (QED) is 0.454. The van der Waals surface area contributed by atoms with Gasteiger partial charge in [0.25, 0.3) is 0 Å². The first-order chi connectivity index (χ1) is 9.78. The smallest absolute Gasteiger partial charge is 0.191 e. The molecule has 2 aromatic heterocycles. The summed E-state index contributed by atoms with van der Waals surface area (Å²) >= 11 is 0. The number of rotatable bonds is 5. The van der Waals surface area contributed by atoms with Crippen molar-refractivity contribution in [2.24, 2.45) is 4.99 Å². The van der Waals surface area contributed by atoms with Gasteiger partial charge in [-0.15, -0.1) is 24.0 Å². The standard InChI is InChI=1S/C14H20N6.HI/c1-12-9-19-20(11-12)8-7-17-14(15-2)18-10-13-5-3-4-6-16-13;/h3-6,9,11H,7-8,10H2,1-2H3,(H2,15,17,18);1H. The van der Waals surface area contributed by atoms with Crippen molar-refractivity contribution < 1.29 is 0 Å². The lowest BCUT2D eigenvalue weighted by Gasteiger charge is -2.11. The van der Waals surface area contributed by atoms with E-state index in [1.54, 1.807) is 13.2 Å². The van der Waals surface area contributed by atoms with Gasteiger partial charge in [-0.05, 0) is 24.6 Å². The normalized spacial score (nSPS) is 10.9. The molecule has 0 spiro atoms. The second-order valence-electron chi connectivity index (χ2n) is 4.45. The van der Waals surface area contributed by atoms with Crippen molar-refractivity contribution in [3.63, 3.8) is 0 Å². The molecule has 0 atom stereocenters. The van der Waals surface area contributed by atoms with Crippen molar-refractivity contribution in [1.82, 2.24) is 25.4 Å². The van der Waals surface area contributed by atoms with Gasteiger partial charge in [-0.2, -0.15) is 5.10 Å². The molecule has 0 fully saturated rings. The Bertz CT molecular complexity index is 552. The Labute approximate surface area is 142 Å². The molecule has 2 rings (SSSR count). The maximum Gasteiger partial charge on any atom is 0.191 e. The van der Waals surface area contributed by atoms with Crippen molar-refractivity contribution in [3.05, 3.63) is 48.0 Å². The van der Waals surface area contributed by atoms with E-state index in [-0.39, 0.29) is 24.0 Å². The van der Waals surface area contributed by atoms with Gasteiger partial charge in [0.1, 0.15) is 0 Å². The summed E-state index contributed by atoms with van der Waals surface area (Å²) in [5, 5.41) is 10.7. The van der Waals surface area contributed by atoms with E-state index >= 15 is 0 Å². The molecule has 0 aliphatic carbocycles. The summed E-state index contributed by atoms with van der Waals surface area (Å²) in [6.07, 6.45) is 5.66. The number of aromatic nitrogens is 3. The minimum absolute atomic E-state index is 0. The molecule has 6 nitrogen and oxygen atoms in total. The lowest BCUT2D eigenvalue weighted by Crippen LogP contribution is -2.38. The van der Waals surface area contributed by atoms with Crippen molar-refractivity contribution in [2.75, 3.05) is 13.6 Å². The molecule has 2 heterocycles. The predicted molar refractivity (Wildman–Crippen MR) is 94.8 cm³/mol. The van der Waals surface area contributed by atoms with Crippen LogP contribution in [0, 0.1) is 6.92 Å². The summed E-state index contributed by atoms with van der Waals surface area (Å²) in [4.78, 5) is 8.43. The molecule has 0 radical (unpaired) electrons. The highest BCUT2D eigenvalue weighted by atomic mass is 127. The van der Waals surface area contributed by atoms with Gasteiger partial charge < -0.3 is 10.6 Å². The summed E-state index contributed by atoms with van der Waals surface area (Å²) in [6.45, 7) is 4.26. The monoisotopic (exact) mass is 400 g/mol. The number of aliphatic imine (C=N–C) groups is 1. The zero-order valence-electron chi connectivity index (χ0n) is 12.3. The fourth-order valence-electron chi connectivity index (χ4n) is 1.78. The van der Waals surface area contributed by atoms with Crippen LogP contribution in [-0.4, -0.2) is 34.3 Å². The first-order valence-corrected chi connectivity index (χ1v) is 6.61. The Morgan fingerprint density at radius 3 is 2.81 bits per heavy atom. The lowest BCUT2D eigenvalue weighted by atomic mass is 10.3. The molecule has 7 heteroatoms. The van der Waals surface area contributed by atoms with Crippen LogP contribution in [0.15, 0.2) is 41.8 Å². The second kappa shape index (κ2) is 9.32. The number of pyridine rings is 1. The van der Waals surface area contributed by atoms with E-state index < -0.39 is 0 Å². The average Bonchev–Trinajstić information content (AvgIpc) is 2.89. The van der Waals surface area contributed by atoms with Gasteiger partial charge in [-0.3, -0.25) is 14.7 Å². The van der Waals surface area contributed by atoms with Crippen LogP contribution in [0.1, 0.15) is 11.3 Å². The third kappa shape index (κ3) is 6.11. The molecule has 0 saturated carbocycles. The highest BCUT2D eigenvalue weighted by Crippen LogP contribution is 1.93. The number of nitrogens with zero attached hydrogens (tertiary/aromatic N) is 4. The van der Waals surface area contributed by atoms with E-state index in [4.69, 9.17) is 0 Å². The van der Waals surface area contributed by atoms with Gasteiger partial charge in [-0.1, -0.05) is 6.07 Å². The van der Waals surface area contributed by atoms with Crippen LogP contribution in [0.3, 0.4) is 0 Å². The van der Waals surface area contributed by atoms with E-state index in [1.165, 1.54) is 5.56 Å². The first-order valence-electron chi connectivity index (χ1n) is 6.61. The number of aryl methyl sites for hydroxylation is 1. The van der Waals surface area contributed by atoms with Gasteiger partial charge in [-0.25, -0.2) is 0 Å². The Morgan fingerprint density at radius 1 is 1.33 bits per heavy atom. The molecule has 0 amide bonds. The van der Waals surface area contributed by atoms with Crippen LogP contribution in [0.4, 0.5) is 0 Å². The van der Waals surface area contributed by atoms with Crippen molar-refractivity contribution in [1.29, 1.82) is 0 Å². The van der Waals surface area contributed by atoms with Gasteiger partial charge in [0.05, 0.1) is 25.0 Å². The fraction of sp³-hybridized carbons (Fsp3) is 0.357. The van der Waals surface area contributed by atoms with Crippen LogP contribution in [-0.2, 0) is 13.1 Å². The minimum atomic E-state index is 0. The number of hydrogen-bond acceptors (Lipinski definition) is 3. The minimum Gasteiger partial charge on any atom is -0.355 e. The van der Waals surface area contributed by atoms with Crippen LogP contribution in [0.5, 0.6) is 0 Å². The molecule has 0 saturated heterocycles. The molecule has 114 valence electrons. The topological polar surface area (TPSA) is 67.1 Å². The molecule has 2 N–H and O–H groups in total. The molecule has 21 heavy (non-hydrogen) atoms. The van der Waals surface area contributed by atoms with Crippen LogP contribution < -0.4 is 10.6 Å². The van der Waals surface area contributed by atoms with E-state index in [0.717, 1.165) is 24.7 Å². The van der Waals surface area contributed by atoms with E-state index in [2.05, 4.69) is 25.7 Å². The maximum absolute atomic E-state index is 4.26. The lowest BCUT2D eigenvalue weighted by molar-refractivity contribution is 0.597. The van der Waals surface area contributed by atoms with E-state index in [0.29, 0.717) is 6.54 Å². The number of halogens is 1. The Morgan fingerprint density at radius 2 is 2.19 bits per heavy atom. The van der Waals surface area contributed by atoms with Crippen LogP contribution in [0.2, 0.25) is 0 Å². The largest absolute Gasteiger partial charge is 0.355 e. The van der Waals surface area contributed by atoms with E-state index in [1.807, 2.05) is 42.2 Å². The summed E-state index contributed by atoms with van der Waals surface area (Å²) in [7, 11) is 1.76. The van der Waals surface area contributed by atoms with Gasteiger partial charge >= 0.3 is 0 Å². The first kappa shape index (κ1) is 17.4. The van der Waals surface area contributed by atoms with Crippen molar-refractivity contribution in [2.45, 2.75) is 20.0 Å². The van der Waals surface area contributed by atoms with Gasteiger partial charge in [0.15, 0.2) is 5.96 Å². The third-order valence-electron chi connectivity index (χ3n) is 2.78.